The summed E-state index contributed by atoms with van der Waals surface area (Å²) in [5, 5.41) is 8.93. The van der Waals surface area contributed by atoms with Gasteiger partial charge in [0.2, 0.25) is 0 Å². The highest BCUT2D eigenvalue weighted by Crippen LogP contribution is 2.32. The summed E-state index contributed by atoms with van der Waals surface area (Å²) in [4.78, 5) is 6.50. The first-order valence-electron chi connectivity index (χ1n) is 5.54. The molecule has 1 aliphatic rings. The highest BCUT2D eigenvalue weighted by atomic mass is 15.2. The molecule has 2 unspecified atom stereocenters. The van der Waals surface area contributed by atoms with E-state index in [0.29, 0.717) is 23.2 Å². The van der Waals surface area contributed by atoms with Crippen LogP contribution in [0.5, 0.6) is 0 Å². The second kappa shape index (κ2) is 4.01. The van der Waals surface area contributed by atoms with Gasteiger partial charge in [0.15, 0.2) is 5.82 Å². The Morgan fingerprint density at radius 3 is 2.88 bits per heavy atom. The number of nitrogen functional groups attached to an aromatic ring is 1. The fraction of sp³-hybridized carbons (Fsp3) is 0.500. The van der Waals surface area contributed by atoms with E-state index in [1.807, 2.05) is 0 Å². The molecule has 1 aliphatic heterocycles. The number of anilines is 2. The van der Waals surface area contributed by atoms with Crippen LogP contribution in [0.4, 0.5) is 11.5 Å². The van der Waals surface area contributed by atoms with Crippen LogP contribution in [0.2, 0.25) is 0 Å². The number of aromatic nitrogens is 1. The summed E-state index contributed by atoms with van der Waals surface area (Å²) in [7, 11) is 0. The molecule has 0 radical (unpaired) electrons. The van der Waals surface area contributed by atoms with Crippen molar-refractivity contribution in [2.45, 2.75) is 26.3 Å². The molecule has 0 bridgehead atoms. The maximum absolute atomic E-state index is 8.93. The molecule has 2 heterocycles. The summed E-state index contributed by atoms with van der Waals surface area (Å²) in [5.74, 6) is 1.41. The molecule has 1 saturated heterocycles. The SMILES string of the molecule is CC1CC(C)N(c2nccc(C#N)c2N)C1. The Hall–Kier alpha value is -1.76. The molecule has 84 valence electrons. The van der Waals surface area contributed by atoms with Gasteiger partial charge in [-0.2, -0.15) is 5.26 Å². The van der Waals surface area contributed by atoms with E-state index in [1.54, 1.807) is 12.3 Å². The summed E-state index contributed by atoms with van der Waals surface area (Å²) in [6.45, 7) is 5.36. The van der Waals surface area contributed by atoms with E-state index < -0.39 is 0 Å². The Morgan fingerprint density at radius 2 is 2.31 bits per heavy atom. The number of hydrogen-bond donors (Lipinski definition) is 1. The maximum atomic E-state index is 8.93. The molecule has 16 heavy (non-hydrogen) atoms. The van der Waals surface area contributed by atoms with Crippen molar-refractivity contribution in [3.8, 4) is 6.07 Å². The average molecular weight is 216 g/mol. The normalized spacial score (nSPS) is 24.4. The number of pyridine rings is 1. The third kappa shape index (κ3) is 1.69. The zero-order valence-corrected chi connectivity index (χ0v) is 9.64. The van der Waals surface area contributed by atoms with Crippen molar-refractivity contribution in [3.05, 3.63) is 17.8 Å². The Morgan fingerprint density at radius 1 is 1.56 bits per heavy atom. The first-order valence-corrected chi connectivity index (χ1v) is 5.54. The quantitative estimate of drug-likeness (QED) is 0.777. The van der Waals surface area contributed by atoms with Crippen LogP contribution in [-0.4, -0.2) is 17.6 Å². The van der Waals surface area contributed by atoms with Crippen molar-refractivity contribution in [3.63, 3.8) is 0 Å². The van der Waals surface area contributed by atoms with Crippen LogP contribution in [0.1, 0.15) is 25.8 Å². The highest BCUT2D eigenvalue weighted by molar-refractivity contribution is 5.70. The van der Waals surface area contributed by atoms with Crippen LogP contribution < -0.4 is 10.6 Å². The van der Waals surface area contributed by atoms with Crippen LogP contribution in [0.25, 0.3) is 0 Å². The summed E-state index contributed by atoms with van der Waals surface area (Å²) in [6.07, 6.45) is 2.80. The van der Waals surface area contributed by atoms with Gasteiger partial charge in [0.25, 0.3) is 0 Å². The summed E-state index contributed by atoms with van der Waals surface area (Å²) in [6, 6.07) is 4.19. The molecule has 2 N–H and O–H groups in total. The van der Waals surface area contributed by atoms with Gasteiger partial charge in [-0.05, 0) is 25.3 Å². The molecular formula is C12H16N4. The zero-order valence-electron chi connectivity index (χ0n) is 9.64. The van der Waals surface area contributed by atoms with E-state index in [1.165, 1.54) is 0 Å². The summed E-state index contributed by atoms with van der Waals surface area (Å²) >= 11 is 0. The largest absolute Gasteiger partial charge is 0.395 e. The molecule has 0 aliphatic carbocycles. The molecule has 0 saturated carbocycles. The molecule has 4 nitrogen and oxygen atoms in total. The van der Waals surface area contributed by atoms with Crippen molar-refractivity contribution in [2.24, 2.45) is 5.92 Å². The molecular weight excluding hydrogens is 200 g/mol. The number of nitrogens with two attached hydrogens (primary N) is 1. The molecule has 1 aromatic heterocycles. The zero-order chi connectivity index (χ0) is 11.7. The topological polar surface area (TPSA) is 65.9 Å². The van der Waals surface area contributed by atoms with Crippen LogP contribution in [-0.2, 0) is 0 Å². The lowest BCUT2D eigenvalue weighted by atomic mass is 10.1. The Bertz CT molecular complexity index is 435. The summed E-state index contributed by atoms with van der Waals surface area (Å²) in [5.41, 5.74) is 6.97. The Balaban J connectivity index is 2.38. The number of nitriles is 1. The monoisotopic (exact) mass is 216 g/mol. The van der Waals surface area contributed by atoms with Crippen molar-refractivity contribution < 1.29 is 0 Å². The van der Waals surface area contributed by atoms with Crippen molar-refractivity contribution >= 4 is 11.5 Å². The predicted octanol–water partition coefficient (Wildman–Crippen LogP) is 1.77. The van der Waals surface area contributed by atoms with Crippen LogP contribution in [0.15, 0.2) is 12.3 Å². The van der Waals surface area contributed by atoms with Gasteiger partial charge < -0.3 is 10.6 Å². The molecule has 0 spiro atoms. The van der Waals surface area contributed by atoms with Gasteiger partial charge in [-0.1, -0.05) is 6.92 Å². The van der Waals surface area contributed by atoms with Gasteiger partial charge in [0.05, 0.1) is 11.3 Å². The smallest absolute Gasteiger partial charge is 0.153 e. The first-order chi connectivity index (χ1) is 7.63. The molecule has 4 heteroatoms. The lowest BCUT2D eigenvalue weighted by Crippen LogP contribution is -2.28. The van der Waals surface area contributed by atoms with Crippen molar-refractivity contribution in [1.82, 2.24) is 4.98 Å². The maximum Gasteiger partial charge on any atom is 0.153 e. The van der Waals surface area contributed by atoms with E-state index in [0.717, 1.165) is 18.8 Å². The van der Waals surface area contributed by atoms with Gasteiger partial charge in [0, 0.05) is 18.8 Å². The van der Waals surface area contributed by atoms with Crippen LogP contribution in [0.3, 0.4) is 0 Å². The Kier molecular flexibility index (Phi) is 2.69. The fourth-order valence-corrected chi connectivity index (χ4v) is 2.38. The fourth-order valence-electron chi connectivity index (χ4n) is 2.38. The van der Waals surface area contributed by atoms with Crippen molar-refractivity contribution in [2.75, 3.05) is 17.2 Å². The van der Waals surface area contributed by atoms with E-state index >= 15 is 0 Å². The third-order valence-corrected chi connectivity index (χ3v) is 3.15. The lowest BCUT2D eigenvalue weighted by molar-refractivity contribution is 0.625. The number of nitrogens with zero attached hydrogens (tertiary/aromatic N) is 3. The van der Waals surface area contributed by atoms with Crippen LogP contribution >= 0.6 is 0 Å². The molecule has 2 rings (SSSR count). The Labute approximate surface area is 95.7 Å². The first kappa shape index (κ1) is 10.7. The predicted molar refractivity (Wildman–Crippen MR) is 64.0 cm³/mol. The molecule has 0 aromatic carbocycles. The lowest BCUT2D eigenvalue weighted by Gasteiger charge is -2.24. The van der Waals surface area contributed by atoms with Gasteiger partial charge in [-0.15, -0.1) is 0 Å². The standard InChI is InChI=1S/C12H16N4/c1-8-5-9(2)16(7-8)12-11(14)10(6-13)3-4-15-12/h3-4,8-9H,5,7,14H2,1-2H3. The third-order valence-electron chi connectivity index (χ3n) is 3.15. The summed E-state index contributed by atoms with van der Waals surface area (Å²) < 4.78 is 0. The number of rotatable bonds is 1. The van der Waals surface area contributed by atoms with E-state index in [-0.39, 0.29) is 0 Å². The minimum absolute atomic E-state index is 0.443. The van der Waals surface area contributed by atoms with E-state index in [9.17, 15) is 0 Å². The van der Waals surface area contributed by atoms with Gasteiger partial charge in [0.1, 0.15) is 6.07 Å². The van der Waals surface area contributed by atoms with Crippen molar-refractivity contribution in [1.29, 1.82) is 5.26 Å². The van der Waals surface area contributed by atoms with Gasteiger partial charge in [-0.25, -0.2) is 4.98 Å². The van der Waals surface area contributed by atoms with Gasteiger partial charge >= 0.3 is 0 Å². The molecule has 1 fully saturated rings. The number of hydrogen-bond acceptors (Lipinski definition) is 4. The van der Waals surface area contributed by atoms with E-state index in [4.69, 9.17) is 11.0 Å². The highest BCUT2D eigenvalue weighted by Gasteiger charge is 2.28. The second-order valence-electron chi connectivity index (χ2n) is 4.55. The molecule has 0 amide bonds. The average Bonchev–Trinajstić information content (AvgIpc) is 2.58. The minimum atomic E-state index is 0.443. The minimum Gasteiger partial charge on any atom is -0.395 e. The molecule has 2 atom stereocenters. The molecule has 1 aromatic rings. The second-order valence-corrected chi connectivity index (χ2v) is 4.55. The van der Waals surface area contributed by atoms with Gasteiger partial charge in [-0.3, -0.25) is 0 Å². The van der Waals surface area contributed by atoms with Crippen LogP contribution in [0, 0.1) is 17.2 Å². The van der Waals surface area contributed by atoms with E-state index in [2.05, 4.69) is 29.8 Å².